The van der Waals surface area contributed by atoms with Crippen molar-refractivity contribution in [1.82, 2.24) is 15.6 Å². The van der Waals surface area contributed by atoms with Crippen LogP contribution < -0.4 is 10.6 Å². The summed E-state index contributed by atoms with van der Waals surface area (Å²) in [5.41, 5.74) is 5.97. The molecule has 5 rings (SSSR count). The van der Waals surface area contributed by atoms with Gasteiger partial charge in [-0.05, 0) is 68.4 Å². The summed E-state index contributed by atoms with van der Waals surface area (Å²) < 4.78 is 5.10. The van der Waals surface area contributed by atoms with Crippen molar-refractivity contribution in [3.05, 3.63) is 56.0 Å². The topological polar surface area (TPSA) is 228 Å². The normalized spacial score (nSPS) is 26.0. The molecular weight excluding hydrogens is 624 g/mol. The van der Waals surface area contributed by atoms with Gasteiger partial charge in [-0.2, -0.15) is 0 Å². The molecular formula is C34H42N4O10. The van der Waals surface area contributed by atoms with E-state index in [1.54, 1.807) is 27.7 Å². The van der Waals surface area contributed by atoms with Crippen LogP contribution >= 0.6 is 0 Å². The number of aliphatic carboxylic acids is 1. The summed E-state index contributed by atoms with van der Waals surface area (Å²) >= 11 is 0. The van der Waals surface area contributed by atoms with Crippen LogP contribution in [0.25, 0.3) is 0 Å². The van der Waals surface area contributed by atoms with Crippen molar-refractivity contribution in [2.24, 2.45) is 10.9 Å². The summed E-state index contributed by atoms with van der Waals surface area (Å²) in [6.07, 6.45) is -0.648. The summed E-state index contributed by atoms with van der Waals surface area (Å²) in [5.74, 6) is -5.03. The van der Waals surface area contributed by atoms with E-state index in [1.165, 1.54) is 7.11 Å². The van der Waals surface area contributed by atoms with Gasteiger partial charge in [0.25, 0.3) is 0 Å². The molecule has 3 aliphatic heterocycles. The lowest BCUT2D eigenvalue weighted by molar-refractivity contribution is -0.148. The van der Waals surface area contributed by atoms with Crippen molar-refractivity contribution in [3.63, 3.8) is 0 Å². The molecule has 14 heteroatoms. The number of allylic oxidation sites excluding steroid dienone is 1. The number of aliphatic hydroxyl groups is 3. The number of amides is 2. The van der Waals surface area contributed by atoms with Crippen LogP contribution in [0.4, 0.5) is 0 Å². The Morgan fingerprint density at radius 3 is 2.27 bits per heavy atom. The summed E-state index contributed by atoms with van der Waals surface area (Å²) in [6.45, 7) is 6.20. The van der Waals surface area contributed by atoms with Gasteiger partial charge in [0.05, 0.1) is 31.8 Å². The number of methoxy groups -OCH3 is 1. The molecule has 0 radical (unpaired) electrons. The van der Waals surface area contributed by atoms with E-state index in [0.29, 0.717) is 56.9 Å². The molecule has 6 atom stereocenters. The average molecular weight is 667 g/mol. The van der Waals surface area contributed by atoms with Crippen molar-refractivity contribution >= 4 is 35.2 Å². The fraction of sp³-hybridized carbons (Fsp3) is 0.529. The highest BCUT2D eigenvalue weighted by Crippen LogP contribution is 2.49. The van der Waals surface area contributed by atoms with Crippen molar-refractivity contribution in [1.29, 1.82) is 0 Å². The van der Waals surface area contributed by atoms with Gasteiger partial charge in [0, 0.05) is 65.6 Å². The molecule has 4 unspecified atom stereocenters. The summed E-state index contributed by atoms with van der Waals surface area (Å²) in [6, 6.07) is -1.73. The molecule has 7 N–H and O–H groups in total. The zero-order chi connectivity index (χ0) is 35.2. The van der Waals surface area contributed by atoms with Gasteiger partial charge in [-0.15, -0.1) is 0 Å². The van der Waals surface area contributed by atoms with Crippen LogP contribution in [-0.4, -0.2) is 105 Å². The first-order chi connectivity index (χ1) is 22.7. The fourth-order valence-corrected chi connectivity index (χ4v) is 7.71. The lowest BCUT2D eigenvalue weighted by Gasteiger charge is -2.21. The molecule has 0 bridgehead atoms. The number of nitrogens with zero attached hydrogens (tertiary/aromatic N) is 1. The molecule has 14 nitrogen and oxygen atoms in total. The predicted molar refractivity (Wildman–Crippen MR) is 171 cm³/mol. The number of rotatable bonds is 13. The zero-order valence-corrected chi connectivity index (χ0v) is 27.6. The Labute approximate surface area is 277 Å². The highest BCUT2D eigenvalue weighted by molar-refractivity contribution is 6.20. The number of fused-ring (bicyclic) bond motifs is 1. The van der Waals surface area contributed by atoms with Crippen molar-refractivity contribution in [2.45, 2.75) is 89.9 Å². The molecule has 4 aliphatic rings. The van der Waals surface area contributed by atoms with Gasteiger partial charge in [-0.1, -0.05) is 0 Å². The number of ether oxygens (including phenoxy) is 1. The second kappa shape index (κ2) is 13.6. The largest absolute Gasteiger partial charge is 0.481 e. The van der Waals surface area contributed by atoms with E-state index >= 15 is 0 Å². The molecule has 2 amide bonds. The molecule has 0 aromatic carbocycles. The molecule has 4 heterocycles. The molecule has 1 aromatic rings. The molecule has 258 valence electrons. The second-order valence-electron chi connectivity index (χ2n) is 12.8. The highest BCUT2D eigenvalue weighted by Gasteiger charge is 2.55. The van der Waals surface area contributed by atoms with Crippen LogP contribution in [0.3, 0.4) is 0 Å². The first-order valence-electron chi connectivity index (χ1n) is 16.0. The molecule has 1 aromatic heterocycles. The number of Topliss-reactive ketones (excluding diaryl/α,β-unsaturated/α-hetero) is 1. The lowest BCUT2D eigenvalue weighted by Crippen LogP contribution is -2.32. The fourth-order valence-electron chi connectivity index (χ4n) is 7.71. The number of hydrogen-bond acceptors (Lipinski definition) is 10. The van der Waals surface area contributed by atoms with Gasteiger partial charge in [0.2, 0.25) is 11.8 Å². The average Bonchev–Trinajstić information content (AvgIpc) is 3.77. The Morgan fingerprint density at radius 2 is 1.65 bits per heavy atom. The first-order valence-corrected chi connectivity index (χ1v) is 16.0. The van der Waals surface area contributed by atoms with Crippen molar-refractivity contribution in [3.8, 4) is 0 Å². The number of aliphatic hydroxyl groups excluding tert-OH is 3. The molecule has 1 aliphatic carbocycles. The van der Waals surface area contributed by atoms with Crippen LogP contribution in [-0.2, 0) is 41.6 Å². The number of carboxylic acids is 1. The molecule has 1 fully saturated rings. The zero-order valence-electron chi connectivity index (χ0n) is 27.6. The number of carboxylic acid groups (broad SMARTS) is 1. The monoisotopic (exact) mass is 666 g/mol. The predicted octanol–water partition coefficient (Wildman–Crippen LogP) is 0.234. The van der Waals surface area contributed by atoms with E-state index in [-0.39, 0.29) is 43.8 Å². The number of ketones is 1. The quantitative estimate of drug-likeness (QED) is 0.112. The van der Waals surface area contributed by atoms with Gasteiger partial charge in [-0.3, -0.25) is 29.0 Å². The standard InChI is InChI=1S/C34H42N4O10/c1-13-18(6-7-24(42)43)29(35-19(13)10-21-15(3)25(23(41)12-40)33(46)37-21)27-28(34(47)48-5)31(44)26-16(4)20(36-30(26)27)11-22-17(8-9-39)14(2)32(45)38-22/h21-23,27-28,30,35,39-41H,6-12H2,1-5H3,(H,37,46)(H,38,45)(H,42,43)/t21?,22?,23?,27-,28-,30?/m1/s1. The third-order valence-electron chi connectivity index (χ3n) is 10.3. The summed E-state index contributed by atoms with van der Waals surface area (Å²) in [5, 5.41) is 44.6. The van der Waals surface area contributed by atoms with Gasteiger partial charge < -0.3 is 40.8 Å². The number of nitrogens with one attached hydrogen (secondary N) is 3. The Bertz CT molecular complexity index is 1710. The first kappa shape index (κ1) is 34.9. The van der Waals surface area contributed by atoms with Crippen molar-refractivity contribution < 1.29 is 49.1 Å². The highest BCUT2D eigenvalue weighted by atomic mass is 16.5. The Morgan fingerprint density at radius 1 is 0.958 bits per heavy atom. The number of hydrogen-bond donors (Lipinski definition) is 7. The second-order valence-corrected chi connectivity index (χ2v) is 12.8. The lowest BCUT2D eigenvalue weighted by atomic mass is 9.86. The van der Waals surface area contributed by atoms with Crippen molar-refractivity contribution in [2.75, 3.05) is 20.3 Å². The minimum Gasteiger partial charge on any atom is -0.481 e. The SMILES string of the molecule is COC(=O)[C@H]1C(=O)C2=C(C)C(CC3NC(=O)C(C)=C3CCO)=NC2[C@H]1c1[nH]c(CC2NC(=O)C(C(O)CO)=C2C)c(C)c1CCC(=O)O. The van der Waals surface area contributed by atoms with Crippen LogP contribution in [0.2, 0.25) is 0 Å². The number of H-pyrrole nitrogens is 1. The van der Waals surface area contributed by atoms with E-state index < -0.39 is 66.3 Å². The maximum atomic E-state index is 14.0. The molecule has 0 saturated heterocycles. The van der Waals surface area contributed by atoms with Crippen LogP contribution in [0.15, 0.2) is 38.4 Å². The Balaban J connectivity index is 1.57. The Hall–Kier alpha value is -4.40. The smallest absolute Gasteiger partial charge is 0.317 e. The number of carbonyl (C=O) groups excluding carboxylic acids is 4. The number of esters is 1. The summed E-state index contributed by atoms with van der Waals surface area (Å²) in [7, 11) is 1.20. The molecule has 0 spiro atoms. The van der Waals surface area contributed by atoms with Crippen LogP contribution in [0, 0.1) is 12.8 Å². The van der Waals surface area contributed by atoms with E-state index in [4.69, 9.17) is 9.73 Å². The number of aromatic amines is 1. The number of aliphatic imine (C=N–C) groups is 1. The minimum atomic E-state index is -1.34. The van der Waals surface area contributed by atoms with E-state index in [2.05, 4.69) is 15.6 Å². The van der Waals surface area contributed by atoms with Gasteiger partial charge >= 0.3 is 11.9 Å². The van der Waals surface area contributed by atoms with E-state index in [1.807, 2.05) is 0 Å². The van der Waals surface area contributed by atoms with Gasteiger partial charge in [0.15, 0.2) is 5.78 Å². The van der Waals surface area contributed by atoms with Crippen LogP contribution in [0.1, 0.15) is 68.5 Å². The van der Waals surface area contributed by atoms with E-state index in [0.717, 1.165) is 5.57 Å². The van der Waals surface area contributed by atoms with Crippen LogP contribution in [0.5, 0.6) is 0 Å². The third-order valence-corrected chi connectivity index (χ3v) is 10.3. The van der Waals surface area contributed by atoms with Gasteiger partial charge in [0.1, 0.15) is 12.0 Å². The maximum absolute atomic E-state index is 14.0. The van der Waals surface area contributed by atoms with Gasteiger partial charge in [-0.25, -0.2) is 0 Å². The Kier molecular flexibility index (Phi) is 9.90. The maximum Gasteiger partial charge on any atom is 0.317 e. The van der Waals surface area contributed by atoms with E-state index in [9.17, 15) is 44.4 Å². The summed E-state index contributed by atoms with van der Waals surface area (Å²) in [4.78, 5) is 72.5. The molecule has 1 saturated carbocycles. The number of aromatic nitrogens is 1. The minimum absolute atomic E-state index is 0.0916. The molecule has 48 heavy (non-hydrogen) atoms. The number of carbonyl (C=O) groups is 5. The third kappa shape index (κ3) is 5.92.